The molecule has 2 N–H and O–H groups in total. The fourth-order valence-electron chi connectivity index (χ4n) is 2.64. The Bertz CT molecular complexity index is 966. The van der Waals surface area contributed by atoms with E-state index in [1.165, 1.54) is 6.21 Å². The quantitative estimate of drug-likeness (QED) is 0.514. The number of hydrogen-bond donors (Lipinski definition) is 2. The SMILES string of the molecule is COc1ccc(CC(=O)N/N=C/c2c(Cl)[nH]c3ccccc23)cc1OC. The Balaban J connectivity index is 1.67. The summed E-state index contributed by atoms with van der Waals surface area (Å²) in [5.41, 5.74) is 4.95. The van der Waals surface area contributed by atoms with Gasteiger partial charge in [0.25, 0.3) is 0 Å². The molecular formula is C19H18ClN3O3. The number of H-pyrrole nitrogens is 1. The van der Waals surface area contributed by atoms with Crippen molar-refractivity contribution < 1.29 is 14.3 Å². The number of aromatic amines is 1. The first kappa shape index (κ1) is 17.8. The highest BCUT2D eigenvalue weighted by Gasteiger charge is 2.09. The minimum atomic E-state index is -0.246. The number of amides is 1. The fourth-order valence-corrected chi connectivity index (χ4v) is 2.89. The van der Waals surface area contributed by atoms with Gasteiger partial charge in [-0.2, -0.15) is 5.10 Å². The van der Waals surface area contributed by atoms with Gasteiger partial charge in [-0.1, -0.05) is 35.9 Å². The smallest absolute Gasteiger partial charge is 0.244 e. The molecule has 1 amide bonds. The molecule has 3 aromatic rings. The Hall–Kier alpha value is -2.99. The molecule has 3 rings (SSSR count). The normalized spacial score (nSPS) is 11.0. The topological polar surface area (TPSA) is 75.7 Å². The molecule has 0 saturated carbocycles. The molecule has 0 atom stereocenters. The first-order valence-electron chi connectivity index (χ1n) is 7.91. The van der Waals surface area contributed by atoms with Crippen LogP contribution in [-0.2, 0) is 11.2 Å². The number of nitrogens with one attached hydrogen (secondary N) is 2. The van der Waals surface area contributed by atoms with Crippen molar-refractivity contribution in [1.29, 1.82) is 0 Å². The Kier molecular flexibility index (Phi) is 5.43. The molecule has 7 heteroatoms. The summed E-state index contributed by atoms with van der Waals surface area (Å²) >= 11 is 6.19. The van der Waals surface area contributed by atoms with E-state index < -0.39 is 0 Å². The highest BCUT2D eigenvalue weighted by Crippen LogP contribution is 2.27. The number of nitrogens with zero attached hydrogens (tertiary/aromatic N) is 1. The van der Waals surface area contributed by atoms with Crippen molar-refractivity contribution in [1.82, 2.24) is 10.4 Å². The third-order valence-corrected chi connectivity index (χ3v) is 4.19. The van der Waals surface area contributed by atoms with Crippen molar-refractivity contribution in [3.63, 3.8) is 0 Å². The predicted molar refractivity (Wildman–Crippen MR) is 102 cm³/mol. The molecule has 0 saturated heterocycles. The zero-order chi connectivity index (χ0) is 18.5. The van der Waals surface area contributed by atoms with E-state index in [-0.39, 0.29) is 12.3 Å². The number of para-hydroxylation sites is 1. The Labute approximate surface area is 155 Å². The zero-order valence-electron chi connectivity index (χ0n) is 14.4. The number of rotatable bonds is 6. The molecule has 0 bridgehead atoms. The first-order chi connectivity index (χ1) is 12.6. The minimum Gasteiger partial charge on any atom is -0.493 e. The lowest BCUT2D eigenvalue weighted by atomic mass is 10.1. The number of ether oxygens (including phenoxy) is 2. The highest BCUT2D eigenvalue weighted by molar-refractivity contribution is 6.34. The van der Waals surface area contributed by atoms with Crippen molar-refractivity contribution in [2.75, 3.05) is 14.2 Å². The van der Waals surface area contributed by atoms with Gasteiger partial charge in [-0.25, -0.2) is 5.43 Å². The van der Waals surface area contributed by atoms with Gasteiger partial charge in [-0.15, -0.1) is 0 Å². The van der Waals surface area contributed by atoms with Crippen LogP contribution in [0.3, 0.4) is 0 Å². The standard InChI is InChI=1S/C19H18ClN3O3/c1-25-16-8-7-12(9-17(16)26-2)10-18(24)23-21-11-14-13-5-3-4-6-15(13)22-19(14)20/h3-9,11,22H,10H2,1-2H3,(H,23,24)/b21-11+. The summed E-state index contributed by atoms with van der Waals surface area (Å²) in [6, 6.07) is 13.0. The lowest BCUT2D eigenvalue weighted by Gasteiger charge is -2.09. The van der Waals surface area contributed by atoms with Gasteiger partial charge in [0.05, 0.1) is 26.9 Å². The number of carbonyl (C=O) groups is 1. The maximum atomic E-state index is 12.1. The number of benzene rings is 2. The number of hydrazone groups is 1. The number of halogens is 1. The van der Waals surface area contributed by atoms with Crippen LogP contribution < -0.4 is 14.9 Å². The zero-order valence-corrected chi connectivity index (χ0v) is 15.1. The second-order valence-electron chi connectivity index (χ2n) is 5.56. The van der Waals surface area contributed by atoms with E-state index in [1.807, 2.05) is 24.3 Å². The van der Waals surface area contributed by atoms with Crippen molar-refractivity contribution >= 4 is 34.6 Å². The van der Waals surface area contributed by atoms with Gasteiger partial charge in [0.15, 0.2) is 11.5 Å². The van der Waals surface area contributed by atoms with Gasteiger partial charge in [-0.3, -0.25) is 4.79 Å². The Morgan fingerprint density at radius 3 is 2.73 bits per heavy atom. The molecule has 2 aromatic carbocycles. The molecule has 0 aliphatic carbocycles. The van der Waals surface area contributed by atoms with Gasteiger partial charge < -0.3 is 14.5 Å². The summed E-state index contributed by atoms with van der Waals surface area (Å²) in [7, 11) is 3.12. The molecule has 0 aliphatic rings. The van der Waals surface area contributed by atoms with Crippen LogP contribution in [-0.4, -0.2) is 31.3 Å². The summed E-state index contributed by atoms with van der Waals surface area (Å²) in [6.45, 7) is 0. The summed E-state index contributed by atoms with van der Waals surface area (Å²) in [5.74, 6) is 0.944. The number of carbonyl (C=O) groups excluding carboxylic acids is 1. The molecular weight excluding hydrogens is 354 g/mol. The lowest BCUT2D eigenvalue weighted by Crippen LogP contribution is -2.19. The van der Waals surface area contributed by atoms with E-state index in [9.17, 15) is 4.79 Å². The van der Waals surface area contributed by atoms with E-state index in [0.29, 0.717) is 16.7 Å². The maximum absolute atomic E-state index is 12.1. The minimum absolute atomic E-state index is 0.166. The van der Waals surface area contributed by atoms with E-state index in [0.717, 1.165) is 22.0 Å². The third kappa shape index (κ3) is 3.81. The van der Waals surface area contributed by atoms with Crippen LogP contribution in [0.2, 0.25) is 5.15 Å². The number of methoxy groups -OCH3 is 2. The highest BCUT2D eigenvalue weighted by atomic mass is 35.5. The summed E-state index contributed by atoms with van der Waals surface area (Å²) in [5, 5.41) is 5.43. The van der Waals surface area contributed by atoms with Gasteiger partial charge in [0, 0.05) is 16.5 Å². The van der Waals surface area contributed by atoms with Crippen LogP contribution in [0, 0.1) is 0 Å². The lowest BCUT2D eigenvalue weighted by molar-refractivity contribution is -0.120. The maximum Gasteiger partial charge on any atom is 0.244 e. The van der Waals surface area contributed by atoms with Gasteiger partial charge >= 0.3 is 0 Å². The third-order valence-electron chi connectivity index (χ3n) is 3.89. The second-order valence-corrected chi connectivity index (χ2v) is 5.94. The van der Waals surface area contributed by atoms with Crippen molar-refractivity contribution in [3.05, 3.63) is 58.7 Å². The molecule has 0 unspecified atom stereocenters. The van der Waals surface area contributed by atoms with Crippen LogP contribution in [0.4, 0.5) is 0 Å². The van der Waals surface area contributed by atoms with Crippen molar-refractivity contribution in [3.8, 4) is 11.5 Å². The second kappa shape index (κ2) is 7.93. The van der Waals surface area contributed by atoms with Gasteiger partial charge in [0.1, 0.15) is 5.15 Å². The average Bonchev–Trinajstić information content (AvgIpc) is 2.97. The Morgan fingerprint density at radius 1 is 1.19 bits per heavy atom. The first-order valence-corrected chi connectivity index (χ1v) is 8.29. The van der Waals surface area contributed by atoms with Crippen LogP contribution >= 0.6 is 11.6 Å². The van der Waals surface area contributed by atoms with Gasteiger partial charge in [-0.05, 0) is 23.8 Å². The average molecular weight is 372 g/mol. The number of fused-ring (bicyclic) bond motifs is 1. The summed E-state index contributed by atoms with van der Waals surface area (Å²) in [6.07, 6.45) is 1.70. The van der Waals surface area contributed by atoms with E-state index in [2.05, 4.69) is 15.5 Å². The van der Waals surface area contributed by atoms with Gasteiger partial charge in [0.2, 0.25) is 5.91 Å². The molecule has 26 heavy (non-hydrogen) atoms. The molecule has 0 radical (unpaired) electrons. The monoisotopic (exact) mass is 371 g/mol. The van der Waals surface area contributed by atoms with Crippen molar-refractivity contribution in [2.45, 2.75) is 6.42 Å². The van der Waals surface area contributed by atoms with E-state index in [4.69, 9.17) is 21.1 Å². The van der Waals surface area contributed by atoms with Crippen LogP contribution in [0.15, 0.2) is 47.6 Å². The van der Waals surface area contributed by atoms with Crippen LogP contribution in [0.1, 0.15) is 11.1 Å². The largest absolute Gasteiger partial charge is 0.493 e. The number of aromatic nitrogens is 1. The van der Waals surface area contributed by atoms with Crippen LogP contribution in [0.5, 0.6) is 11.5 Å². The van der Waals surface area contributed by atoms with E-state index in [1.54, 1.807) is 32.4 Å². The molecule has 0 spiro atoms. The van der Waals surface area contributed by atoms with Crippen LogP contribution in [0.25, 0.3) is 10.9 Å². The fraction of sp³-hybridized carbons (Fsp3) is 0.158. The summed E-state index contributed by atoms with van der Waals surface area (Å²) in [4.78, 5) is 15.2. The molecule has 1 heterocycles. The molecule has 1 aromatic heterocycles. The molecule has 0 aliphatic heterocycles. The van der Waals surface area contributed by atoms with Crippen molar-refractivity contribution in [2.24, 2.45) is 5.10 Å². The predicted octanol–water partition coefficient (Wildman–Crippen LogP) is 3.53. The Morgan fingerprint density at radius 2 is 1.96 bits per heavy atom. The summed E-state index contributed by atoms with van der Waals surface area (Å²) < 4.78 is 10.4. The van der Waals surface area contributed by atoms with E-state index >= 15 is 0 Å². The molecule has 6 nitrogen and oxygen atoms in total. The molecule has 134 valence electrons. The molecule has 0 fully saturated rings. The number of hydrogen-bond acceptors (Lipinski definition) is 4.